The molecule has 0 spiro atoms. The summed E-state index contributed by atoms with van der Waals surface area (Å²) in [5.41, 5.74) is 10.6. The molecule has 0 aliphatic rings. The van der Waals surface area contributed by atoms with Crippen molar-refractivity contribution in [2.75, 3.05) is 0 Å². The zero-order valence-corrected chi connectivity index (χ0v) is 10.3. The third-order valence-corrected chi connectivity index (χ3v) is 2.55. The van der Waals surface area contributed by atoms with Gasteiger partial charge in [0, 0.05) is 10.9 Å². The molecule has 2 rings (SSSR count). The highest BCUT2D eigenvalue weighted by molar-refractivity contribution is 7.80. The Morgan fingerprint density at radius 1 is 1.41 bits per heavy atom. The standard InChI is InChI=1S/C10H9N5S2/c11-10(16)14-12-5-7-1-3-8(4-2-7)9-6-17-15-13-9/h1-6H,(H3,11,14,16). The largest absolute Gasteiger partial charge is 0.375 e. The van der Waals surface area contributed by atoms with E-state index in [1.165, 1.54) is 11.5 Å². The summed E-state index contributed by atoms with van der Waals surface area (Å²) in [6.45, 7) is 0. The minimum Gasteiger partial charge on any atom is -0.375 e. The SMILES string of the molecule is NC(=S)NN=Cc1ccc(-c2csnn2)cc1. The maximum absolute atomic E-state index is 5.24. The van der Waals surface area contributed by atoms with Crippen molar-refractivity contribution >= 4 is 35.1 Å². The maximum Gasteiger partial charge on any atom is 0.184 e. The summed E-state index contributed by atoms with van der Waals surface area (Å²) in [6, 6.07) is 7.77. The highest BCUT2D eigenvalue weighted by Crippen LogP contribution is 2.17. The molecule has 1 aromatic carbocycles. The predicted molar refractivity (Wildman–Crippen MR) is 72.9 cm³/mol. The molecular formula is C10H9N5S2. The van der Waals surface area contributed by atoms with Crippen molar-refractivity contribution in [3.05, 3.63) is 35.2 Å². The first-order chi connectivity index (χ1) is 8.25. The van der Waals surface area contributed by atoms with Crippen LogP contribution in [-0.2, 0) is 0 Å². The number of rotatable bonds is 3. The van der Waals surface area contributed by atoms with E-state index in [-0.39, 0.29) is 5.11 Å². The summed E-state index contributed by atoms with van der Waals surface area (Å²) in [5, 5.41) is 9.90. The van der Waals surface area contributed by atoms with Crippen molar-refractivity contribution in [2.24, 2.45) is 10.8 Å². The van der Waals surface area contributed by atoms with Gasteiger partial charge in [-0.3, -0.25) is 5.43 Å². The molecule has 17 heavy (non-hydrogen) atoms. The van der Waals surface area contributed by atoms with Gasteiger partial charge in [0.1, 0.15) is 5.69 Å². The molecule has 0 fully saturated rings. The molecule has 0 saturated heterocycles. The van der Waals surface area contributed by atoms with E-state index in [0.717, 1.165) is 16.8 Å². The number of hydrogen-bond donors (Lipinski definition) is 2. The Kier molecular flexibility index (Phi) is 3.73. The summed E-state index contributed by atoms with van der Waals surface area (Å²) in [6.07, 6.45) is 1.64. The Balaban J connectivity index is 2.08. The van der Waals surface area contributed by atoms with Gasteiger partial charge in [0.25, 0.3) is 0 Å². The zero-order chi connectivity index (χ0) is 12.1. The van der Waals surface area contributed by atoms with Crippen LogP contribution in [0.2, 0.25) is 0 Å². The highest BCUT2D eigenvalue weighted by atomic mass is 32.1. The fraction of sp³-hybridized carbons (Fsp3) is 0. The number of thiocarbonyl (C=S) groups is 1. The summed E-state index contributed by atoms with van der Waals surface area (Å²) in [5.74, 6) is 0. The van der Waals surface area contributed by atoms with Crippen molar-refractivity contribution in [1.29, 1.82) is 0 Å². The topological polar surface area (TPSA) is 76.2 Å². The van der Waals surface area contributed by atoms with Gasteiger partial charge in [-0.2, -0.15) is 5.10 Å². The first kappa shape index (κ1) is 11.6. The molecule has 0 atom stereocenters. The van der Waals surface area contributed by atoms with E-state index in [9.17, 15) is 0 Å². The number of nitrogens with one attached hydrogen (secondary N) is 1. The molecule has 0 aliphatic heterocycles. The lowest BCUT2D eigenvalue weighted by Gasteiger charge is -1.97. The molecule has 2 aromatic rings. The monoisotopic (exact) mass is 263 g/mol. The molecule has 1 aromatic heterocycles. The summed E-state index contributed by atoms with van der Waals surface area (Å²) in [4.78, 5) is 0. The molecule has 0 aliphatic carbocycles. The molecule has 0 saturated carbocycles. The van der Waals surface area contributed by atoms with Crippen LogP contribution in [0.25, 0.3) is 11.3 Å². The fourth-order valence-corrected chi connectivity index (χ4v) is 1.72. The van der Waals surface area contributed by atoms with Gasteiger partial charge in [-0.25, -0.2) is 0 Å². The van der Waals surface area contributed by atoms with Crippen LogP contribution in [0.3, 0.4) is 0 Å². The minimum atomic E-state index is 0.145. The minimum absolute atomic E-state index is 0.145. The van der Waals surface area contributed by atoms with Crippen LogP contribution < -0.4 is 11.2 Å². The lowest BCUT2D eigenvalue weighted by Crippen LogP contribution is -2.23. The normalized spacial score (nSPS) is 10.6. The molecule has 86 valence electrons. The van der Waals surface area contributed by atoms with E-state index >= 15 is 0 Å². The lowest BCUT2D eigenvalue weighted by atomic mass is 10.1. The van der Waals surface area contributed by atoms with Crippen molar-refractivity contribution < 1.29 is 0 Å². The van der Waals surface area contributed by atoms with E-state index in [4.69, 9.17) is 5.73 Å². The fourth-order valence-electron chi connectivity index (χ4n) is 1.20. The molecule has 0 unspecified atom stereocenters. The Morgan fingerprint density at radius 2 is 2.18 bits per heavy atom. The quantitative estimate of drug-likeness (QED) is 0.497. The van der Waals surface area contributed by atoms with Gasteiger partial charge in [-0.15, -0.1) is 5.10 Å². The van der Waals surface area contributed by atoms with Crippen molar-refractivity contribution in [2.45, 2.75) is 0 Å². The first-order valence-electron chi connectivity index (χ1n) is 4.72. The second-order valence-electron chi connectivity index (χ2n) is 3.15. The summed E-state index contributed by atoms with van der Waals surface area (Å²) >= 11 is 5.95. The molecular weight excluding hydrogens is 254 g/mol. The smallest absolute Gasteiger partial charge is 0.184 e. The Hall–Kier alpha value is -1.86. The van der Waals surface area contributed by atoms with E-state index in [1.807, 2.05) is 29.6 Å². The molecule has 0 radical (unpaired) electrons. The number of benzene rings is 1. The predicted octanol–water partition coefficient (Wildman–Crippen LogP) is 1.37. The average Bonchev–Trinajstić information content (AvgIpc) is 2.83. The van der Waals surface area contributed by atoms with E-state index in [1.54, 1.807) is 6.21 Å². The van der Waals surface area contributed by atoms with Gasteiger partial charge < -0.3 is 5.73 Å². The lowest BCUT2D eigenvalue weighted by molar-refractivity contribution is 1.04. The molecule has 5 nitrogen and oxygen atoms in total. The Morgan fingerprint density at radius 3 is 2.76 bits per heavy atom. The second-order valence-corrected chi connectivity index (χ2v) is 4.20. The van der Waals surface area contributed by atoms with Gasteiger partial charge >= 0.3 is 0 Å². The van der Waals surface area contributed by atoms with E-state index in [0.29, 0.717) is 0 Å². The molecule has 7 heteroatoms. The van der Waals surface area contributed by atoms with Crippen LogP contribution >= 0.6 is 23.8 Å². The molecule has 3 N–H and O–H groups in total. The second kappa shape index (κ2) is 5.46. The Labute approximate surface area is 108 Å². The van der Waals surface area contributed by atoms with Crippen molar-refractivity contribution in [3.63, 3.8) is 0 Å². The number of nitrogens with two attached hydrogens (primary N) is 1. The molecule has 0 amide bonds. The highest BCUT2D eigenvalue weighted by Gasteiger charge is 1.99. The van der Waals surface area contributed by atoms with Gasteiger partial charge in [0.05, 0.1) is 6.21 Å². The molecule has 1 heterocycles. The van der Waals surface area contributed by atoms with E-state index < -0.39 is 0 Å². The first-order valence-corrected chi connectivity index (χ1v) is 5.96. The number of hydrogen-bond acceptors (Lipinski definition) is 5. The maximum atomic E-state index is 5.24. The number of aromatic nitrogens is 2. The van der Waals surface area contributed by atoms with Crippen LogP contribution in [0.5, 0.6) is 0 Å². The van der Waals surface area contributed by atoms with Crippen molar-refractivity contribution in [3.8, 4) is 11.3 Å². The van der Waals surface area contributed by atoms with Crippen molar-refractivity contribution in [1.82, 2.24) is 15.0 Å². The number of hydrazone groups is 1. The zero-order valence-electron chi connectivity index (χ0n) is 8.70. The number of nitrogens with zero attached hydrogens (tertiary/aromatic N) is 3. The summed E-state index contributed by atoms with van der Waals surface area (Å²) < 4.78 is 3.82. The van der Waals surface area contributed by atoms with E-state index in [2.05, 4.69) is 32.3 Å². The Bertz CT molecular complexity index is 518. The van der Waals surface area contributed by atoms with Gasteiger partial charge in [-0.05, 0) is 29.3 Å². The van der Waals surface area contributed by atoms with Crippen LogP contribution in [0.4, 0.5) is 0 Å². The van der Waals surface area contributed by atoms with Crippen LogP contribution in [0.15, 0.2) is 34.7 Å². The summed E-state index contributed by atoms with van der Waals surface area (Å²) in [7, 11) is 0. The van der Waals surface area contributed by atoms with Gasteiger partial charge in [0.15, 0.2) is 5.11 Å². The van der Waals surface area contributed by atoms with Crippen LogP contribution in [0.1, 0.15) is 5.56 Å². The van der Waals surface area contributed by atoms with Gasteiger partial charge in [0.2, 0.25) is 0 Å². The third-order valence-electron chi connectivity index (χ3n) is 1.95. The van der Waals surface area contributed by atoms with Gasteiger partial charge in [-0.1, -0.05) is 28.8 Å². The van der Waals surface area contributed by atoms with Crippen LogP contribution in [-0.4, -0.2) is 20.9 Å². The third kappa shape index (κ3) is 3.30. The average molecular weight is 263 g/mol. The molecule has 0 bridgehead atoms. The van der Waals surface area contributed by atoms with Crippen LogP contribution in [0, 0.1) is 0 Å².